The highest BCUT2D eigenvalue weighted by atomic mass is 32.2. The second-order valence-electron chi connectivity index (χ2n) is 4.58. The van der Waals surface area contributed by atoms with Crippen LogP contribution in [0, 0.1) is 0 Å². The Morgan fingerprint density at radius 2 is 2.05 bits per heavy atom. The van der Waals surface area contributed by atoms with Gasteiger partial charge in [0.25, 0.3) is 0 Å². The zero-order valence-electron chi connectivity index (χ0n) is 11.7. The van der Waals surface area contributed by atoms with Gasteiger partial charge >= 0.3 is 0 Å². The Morgan fingerprint density at radius 1 is 1.35 bits per heavy atom. The van der Waals surface area contributed by atoms with E-state index in [1.165, 1.54) is 11.8 Å². The third kappa shape index (κ3) is 3.36. The largest absolute Gasteiger partial charge is 0.315 e. The number of thioether (sulfide) groups is 1. The number of carbonyl (C=O) groups is 1. The van der Waals surface area contributed by atoms with Crippen LogP contribution in [0.1, 0.15) is 19.9 Å². The second-order valence-corrected chi connectivity index (χ2v) is 5.52. The fourth-order valence-corrected chi connectivity index (χ4v) is 2.54. The van der Waals surface area contributed by atoms with Gasteiger partial charge in [0.15, 0.2) is 0 Å². The van der Waals surface area contributed by atoms with E-state index in [0.29, 0.717) is 10.9 Å². The van der Waals surface area contributed by atoms with Crippen molar-refractivity contribution in [1.82, 2.24) is 20.2 Å². The quantitative estimate of drug-likeness (QED) is 0.788. The molecule has 1 amide bonds. The van der Waals surface area contributed by atoms with Crippen LogP contribution in [-0.2, 0) is 4.79 Å². The van der Waals surface area contributed by atoms with Crippen molar-refractivity contribution in [2.24, 2.45) is 0 Å². The number of nitrogens with zero attached hydrogens (tertiary/aromatic N) is 5. The second kappa shape index (κ2) is 6.51. The van der Waals surface area contributed by atoms with Crippen molar-refractivity contribution in [3.63, 3.8) is 0 Å². The van der Waals surface area contributed by atoms with Crippen LogP contribution in [0.2, 0.25) is 0 Å². The average Bonchev–Trinajstić information content (AvgIpc) is 2.93. The third-order valence-corrected chi connectivity index (χ3v) is 3.71. The Morgan fingerprint density at radius 3 is 2.70 bits per heavy atom. The zero-order valence-corrected chi connectivity index (χ0v) is 12.5. The summed E-state index contributed by atoms with van der Waals surface area (Å²) in [5, 5.41) is 12.1. The fourth-order valence-electron chi connectivity index (χ4n) is 1.62. The Balaban J connectivity index is 1.97. The predicted molar refractivity (Wildman–Crippen MR) is 78.8 cm³/mol. The number of rotatable bonds is 5. The maximum Gasteiger partial charge on any atom is 0.237 e. The molecule has 0 aliphatic carbocycles. The first-order valence-electron chi connectivity index (χ1n) is 6.32. The molecule has 0 unspecified atom stereocenters. The lowest BCUT2D eigenvalue weighted by Crippen LogP contribution is -2.28. The van der Waals surface area contributed by atoms with Crippen LogP contribution in [0.15, 0.2) is 35.5 Å². The maximum atomic E-state index is 12.1. The third-order valence-electron chi connectivity index (χ3n) is 2.79. The van der Waals surface area contributed by atoms with E-state index in [1.54, 1.807) is 16.6 Å². The summed E-state index contributed by atoms with van der Waals surface area (Å²) in [5.74, 6) is 0.317. The van der Waals surface area contributed by atoms with Gasteiger partial charge in [0.2, 0.25) is 11.1 Å². The molecule has 0 saturated heterocycles. The van der Waals surface area contributed by atoms with Gasteiger partial charge in [-0.15, -0.1) is 5.10 Å². The minimum absolute atomic E-state index is 0.0134. The van der Waals surface area contributed by atoms with Gasteiger partial charge in [-0.05, 0) is 36.4 Å². The molecule has 2 rings (SSSR count). The molecule has 0 spiro atoms. The van der Waals surface area contributed by atoms with Crippen molar-refractivity contribution < 1.29 is 4.79 Å². The Labute approximate surface area is 122 Å². The van der Waals surface area contributed by atoms with Gasteiger partial charge in [0.1, 0.15) is 0 Å². The molecule has 1 aromatic carbocycles. The molecule has 0 fully saturated rings. The van der Waals surface area contributed by atoms with Crippen molar-refractivity contribution in [3.05, 3.63) is 30.3 Å². The Kier molecular flexibility index (Phi) is 4.73. The summed E-state index contributed by atoms with van der Waals surface area (Å²) in [6.45, 7) is 4.00. The fraction of sp³-hybridized carbons (Fsp3) is 0.385. The van der Waals surface area contributed by atoms with Crippen LogP contribution in [0.5, 0.6) is 0 Å². The normalized spacial score (nSPS) is 10.8. The molecule has 6 nitrogen and oxygen atoms in total. The van der Waals surface area contributed by atoms with E-state index >= 15 is 0 Å². The minimum Gasteiger partial charge on any atom is -0.315 e. The highest BCUT2D eigenvalue weighted by Gasteiger charge is 2.15. The van der Waals surface area contributed by atoms with Gasteiger partial charge in [-0.1, -0.05) is 30.0 Å². The summed E-state index contributed by atoms with van der Waals surface area (Å²) >= 11 is 1.35. The summed E-state index contributed by atoms with van der Waals surface area (Å²) < 4.78 is 1.71. The number of tetrazole rings is 1. The molecule has 0 bridgehead atoms. The molecule has 0 aliphatic heterocycles. The number of carbonyl (C=O) groups excluding carboxylic acids is 1. The van der Waals surface area contributed by atoms with Crippen molar-refractivity contribution in [2.75, 3.05) is 17.7 Å². The number of hydrogen-bond donors (Lipinski definition) is 0. The first kappa shape index (κ1) is 14.5. The number of para-hydroxylation sites is 1. The molecule has 0 atom stereocenters. The van der Waals surface area contributed by atoms with Crippen LogP contribution in [-0.4, -0.2) is 38.9 Å². The molecule has 106 valence electrons. The van der Waals surface area contributed by atoms with E-state index in [-0.39, 0.29) is 11.9 Å². The van der Waals surface area contributed by atoms with Gasteiger partial charge in [0, 0.05) is 12.7 Å². The van der Waals surface area contributed by atoms with Crippen LogP contribution >= 0.6 is 11.8 Å². The highest BCUT2D eigenvalue weighted by molar-refractivity contribution is 7.99. The van der Waals surface area contributed by atoms with Gasteiger partial charge in [-0.3, -0.25) is 4.79 Å². The Bertz CT molecular complexity index is 569. The summed E-state index contributed by atoms with van der Waals surface area (Å²) in [6.07, 6.45) is 0. The number of hydrogen-bond acceptors (Lipinski definition) is 5. The number of anilines is 1. The molecule has 0 saturated carbocycles. The molecule has 20 heavy (non-hydrogen) atoms. The lowest BCUT2D eigenvalue weighted by atomic mass is 10.3. The predicted octanol–water partition coefficient (Wildman–Crippen LogP) is 2.01. The van der Waals surface area contributed by atoms with Gasteiger partial charge < -0.3 is 4.90 Å². The van der Waals surface area contributed by atoms with E-state index in [4.69, 9.17) is 0 Å². The topological polar surface area (TPSA) is 63.9 Å². The monoisotopic (exact) mass is 291 g/mol. The standard InChI is InChI=1S/C13H17N5OS/c1-10(2)18-13(14-15-16-18)20-9-12(19)17(3)11-7-5-4-6-8-11/h4-8,10H,9H2,1-3H3. The molecule has 0 radical (unpaired) electrons. The molecule has 7 heteroatoms. The maximum absolute atomic E-state index is 12.1. The van der Waals surface area contributed by atoms with Crippen LogP contribution in [0.4, 0.5) is 5.69 Å². The van der Waals surface area contributed by atoms with E-state index in [1.807, 2.05) is 44.2 Å². The van der Waals surface area contributed by atoms with Crippen molar-refractivity contribution in [1.29, 1.82) is 0 Å². The van der Waals surface area contributed by atoms with Gasteiger partial charge in [-0.25, -0.2) is 4.68 Å². The lowest BCUT2D eigenvalue weighted by Gasteiger charge is -2.16. The SMILES string of the molecule is CC(C)n1nnnc1SCC(=O)N(C)c1ccccc1. The first-order chi connectivity index (χ1) is 9.59. The zero-order chi connectivity index (χ0) is 14.5. The van der Waals surface area contributed by atoms with Crippen molar-refractivity contribution >= 4 is 23.4 Å². The molecule has 0 N–H and O–H groups in total. The van der Waals surface area contributed by atoms with Gasteiger partial charge in [-0.2, -0.15) is 0 Å². The van der Waals surface area contributed by atoms with E-state index in [2.05, 4.69) is 15.5 Å². The van der Waals surface area contributed by atoms with Crippen molar-refractivity contribution in [3.8, 4) is 0 Å². The Hall–Kier alpha value is -1.89. The minimum atomic E-state index is 0.0134. The van der Waals surface area contributed by atoms with E-state index in [0.717, 1.165) is 5.69 Å². The van der Waals surface area contributed by atoms with E-state index in [9.17, 15) is 4.79 Å². The summed E-state index contributed by atoms with van der Waals surface area (Å²) in [7, 11) is 1.77. The molecular formula is C13H17N5OS. The lowest BCUT2D eigenvalue weighted by molar-refractivity contribution is -0.115. The summed E-state index contributed by atoms with van der Waals surface area (Å²) in [6, 6.07) is 9.72. The average molecular weight is 291 g/mol. The number of benzene rings is 1. The highest BCUT2D eigenvalue weighted by Crippen LogP contribution is 2.19. The molecular weight excluding hydrogens is 274 g/mol. The van der Waals surface area contributed by atoms with Crippen LogP contribution in [0.3, 0.4) is 0 Å². The summed E-state index contributed by atoms with van der Waals surface area (Å²) in [5.41, 5.74) is 0.876. The molecule has 2 aromatic rings. The van der Waals surface area contributed by atoms with E-state index < -0.39 is 0 Å². The molecule has 1 aromatic heterocycles. The molecule has 1 heterocycles. The van der Waals surface area contributed by atoms with Crippen molar-refractivity contribution in [2.45, 2.75) is 25.0 Å². The number of amides is 1. The van der Waals surface area contributed by atoms with Gasteiger partial charge in [0.05, 0.1) is 11.8 Å². The smallest absolute Gasteiger partial charge is 0.237 e. The van der Waals surface area contributed by atoms with Crippen LogP contribution < -0.4 is 4.90 Å². The van der Waals surface area contributed by atoms with Crippen LogP contribution in [0.25, 0.3) is 0 Å². The molecule has 0 aliphatic rings. The summed E-state index contributed by atoms with van der Waals surface area (Å²) in [4.78, 5) is 13.8. The number of aromatic nitrogens is 4. The first-order valence-corrected chi connectivity index (χ1v) is 7.30.